The second-order valence-electron chi connectivity index (χ2n) is 5.98. The van der Waals surface area contributed by atoms with Crippen molar-refractivity contribution in [3.8, 4) is 0 Å². The molecule has 1 atom stereocenters. The quantitative estimate of drug-likeness (QED) is 0.779. The summed E-state index contributed by atoms with van der Waals surface area (Å²) in [5.41, 5.74) is 1.98. The van der Waals surface area contributed by atoms with Gasteiger partial charge in [0.25, 0.3) is 0 Å². The predicted molar refractivity (Wildman–Crippen MR) is 103 cm³/mol. The standard InChI is InChI=1S/C19H22N2O4S/c1-3-17(19(23)21-16-11-7-8-14(2)12-16)26(24,25)13-18(22)20-15-9-5-4-6-10-15/h4-12,17H,3,13H2,1-2H3,(H,20,22)(H,21,23). The molecule has 1 unspecified atom stereocenters. The summed E-state index contributed by atoms with van der Waals surface area (Å²) in [6, 6.07) is 15.6. The van der Waals surface area contributed by atoms with Gasteiger partial charge >= 0.3 is 0 Å². The first-order valence-electron chi connectivity index (χ1n) is 8.26. The molecule has 6 nitrogen and oxygen atoms in total. The molecule has 0 aromatic heterocycles. The number of anilines is 2. The monoisotopic (exact) mass is 374 g/mol. The van der Waals surface area contributed by atoms with Gasteiger partial charge in [-0.15, -0.1) is 0 Å². The van der Waals surface area contributed by atoms with Gasteiger partial charge in [-0.3, -0.25) is 9.59 Å². The molecular formula is C19H22N2O4S. The number of benzene rings is 2. The highest BCUT2D eigenvalue weighted by Gasteiger charge is 2.33. The smallest absolute Gasteiger partial charge is 0.242 e. The maximum atomic E-state index is 12.5. The number of rotatable bonds is 7. The molecule has 0 spiro atoms. The van der Waals surface area contributed by atoms with Gasteiger partial charge in [0.05, 0.1) is 0 Å². The fourth-order valence-electron chi connectivity index (χ4n) is 2.55. The second-order valence-corrected chi connectivity index (χ2v) is 8.16. The summed E-state index contributed by atoms with van der Waals surface area (Å²) >= 11 is 0. The molecule has 138 valence electrons. The Morgan fingerprint density at radius 1 is 0.962 bits per heavy atom. The molecule has 2 rings (SSSR count). The molecular weight excluding hydrogens is 352 g/mol. The lowest BCUT2D eigenvalue weighted by molar-refractivity contribution is -0.115. The third kappa shape index (κ3) is 5.42. The van der Waals surface area contributed by atoms with Crippen LogP contribution >= 0.6 is 0 Å². The molecule has 0 bridgehead atoms. The van der Waals surface area contributed by atoms with Crippen molar-refractivity contribution in [1.82, 2.24) is 0 Å². The first-order valence-corrected chi connectivity index (χ1v) is 9.97. The summed E-state index contributed by atoms with van der Waals surface area (Å²) < 4.78 is 25.1. The van der Waals surface area contributed by atoms with E-state index in [1.165, 1.54) is 0 Å². The first-order chi connectivity index (χ1) is 12.3. The van der Waals surface area contributed by atoms with Crippen LogP contribution in [-0.4, -0.2) is 31.2 Å². The third-order valence-electron chi connectivity index (χ3n) is 3.77. The predicted octanol–water partition coefficient (Wildman–Crippen LogP) is 2.77. The number of carbonyl (C=O) groups is 2. The molecule has 0 saturated heterocycles. The molecule has 0 aliphatic rings. The van der Waals surface area contributed by atoms with E-state index in [0.29, 0.717) is 11.4 Å². The van der Waals surface area contributed by atoms with Gasteiger partial charge in [-0.2, -0.15) is 0 Å². The Balaban J connectivity index is 2.06. The summed E-state index contributed by atoms with van der Waals surface area (Å²) in [7, 11) is -3.95. The zero-order valence-corrected chi connectivity index (χ0v) is 15.5. The van der Waals surface area contributed by atoms with Gasteiger partial charge in [0.15, 0.2) is 9.84 Å². The van der Waals surface area contributed by atoms with Crippen LogP contribution in [0, 0.1) is 6.92 Å². The van der Waals surface area contributed by atoms with Crippen molar-refractivity contribution in [2.45, 2.75) is 25.5 Å². The molecule has 7 heteroatoms. The van der Waals surface area contributed by atoms with E-state index in [2.05, 4.69) is 10.6 Å². The molecule has 2 aromatic carbocycles. The van der Waals surface area contributed by atoms with Crippen LogP contribution < -0.4 is 10.6 Å². The lowest BCUT2D eigenvalue weighted by Crippen LogP contribution is -2.39. The molecule has 0 radical (unpaired) electrons. The van der Waals surface area contributed by atoms with E-state index in [-0.39, 0.29) is 6.42 Å². The number of aryl methyl sites for hydroxylation is 1. The van der Waals surface area contributed by atoms with E-state index in [1.807, 2.05) is 13.0 Å². The van der Waals surface area contributed by atoms with Gasteiger partial charge in [-0.25, -0.2) is 8.42 Å². The van der Waals surface area contributed by atoms with Crippen LogP contribution in [0.1, 0.15) is 18.9 Å². The molecule has 2 amide bonds. The number of amides is 2. The van der Waals surface area contributed by atoms with E-state index < -0.39 is 32.7 Å². The highest BCUT2D eigenvalue weighted by molar-refractivity contribution is 7.93. The van der Waals surface area contributed by atoms with Gasteiger partial charge in [-0.05, 0) is 43.2 Å². The van der Waals surface area contributed by atoms with Crippen LogP contribution in [0.25, 0.3) is 0 Å². The first kappa shape index (κ1) is 19.7. The average Bonchev–Trinajstić information content (AvgIpc) is 2.55. The summed E-state index contributed by atoms with van der Waals surface area (Å²) in [4.78, 5) is 24.5. The summed E-state index contributed by atoms with van der Waals surface area (Å²) in [5, 5.41) is 3.85. The molecule has 0 saturated carbocycles. The van der Waals surface area contributed by atoms with Crippen LogP contribution in [0.2, 0.25) is 0 Å². The van der Waals surface area contributed by atoms with Crippen molar-refractivity contribution in [1.29, 1.82) is 0 Å². The molecule has 2 N–H and O–H groups in total. The van der Waals surface area contributed by atoms with Crippen molar-refractivity contribution in [2.75, 3.05) is 16.4 Å². The topological polar surface area (TPSA) is 92.3 Å². The maximum absolute atomic E-state index is 12.5. The zero-order chi connectivity index (χ0) is 19.2. The van der Waals surface area contributed by atoms with Crippen LogP contribution in [0.15, 0.2) is 54.6 Å². The van der Waals surface area contributed by atoms with Crippen molar-refractivity contribution < 1.29 is 18.0 Å². The normalized spacial score (nSPS) is 12.2. The molecule has 26 heavy (non-hydrogen) atoms. The molecule has 0 heterocycles. The number of sulfone groups is 1. The molecule has 0 aliphatic heterocycles. The van der Waals surface area contributed by atoms with Gasteiger partial charge in [-0.1, -0.05) is 37.3 Å². The van der Waals surface area contributed by atoms with Crippen molar-refractivity contribution in [3.05, 3.63) is 60.2 Å². The van der Waals surface area contributed by atoms with Gasteiger partial charge in [0.1, 0.15) is 11.0 Å². The second kappa shape index (κ2) is 8.62. The van der Waals surface area contributed by atoms with Crippen molar-refractivity contribution in [3.63, 3.8) is 0 Å². The Morgan fingerprint density at radius 3 is 2.23 bits per heavy atom. The average molecular weight is 374 g/mol. The highest BCUT2D eigenvalue weighted by atomic mass is 32.2. The third-order valence-corrected chi connectivity index (χ3v) is 5.85. The van der Waals surface area contributed by atoms with Gasteiger partial charge < -0.3 is 10.6 Å². The fraction of sp³-hybridized carbons (Fsp3) is 0.263. The molecule has 0 fully saturated rings. The number of para-hydroxylation sites is 1. The Labute approximate surface area is 153 Å². The van der Waals surface area contributed by atoms with Crippen molar-refractivity contribution >= 4 is 33.0 Å². The summed E-state index contributed by atoms with van der Waals surface area (Å²) in [6.45, 7) is 3.48. The van der Waals surface area contributed by atoms with E-state index in [9.17, 15) is 18.0 Å². The van der Waals surface area contributed by atoms with Crippen LogP contribution in [0.5, 0.6) is 0 Å². The number of carbonyl (C=O) groups excluding carboxylic acids is 2. The Kier molecular flexibility index (Phi) is 6.52. The summed E-state index contributed by atoms with van der Waals surface area (Å²) in [5.74, 6) is -2.05. The minimum atomic E-state index is -3.95. The van der Waals surface area contributed by atoms with Crippen LogP contribution in [-0.2, 0) is 19.4 Å². The largest absolute Gasteiger partial charge is 0.325 e. The van der Waals surface area contributed by atoms with Crippen molar-refractivity contribution in [2.24, 2.45) is 0 Å². The highest BCUT2D eigenvalue weighted by Crippen LogP contribution is 2.15. The van der Waals surface area contributed by atoms with E-state index in [1.54, 1.807) is 55.5 Å². The zero-order valence-electron chi connectivity index (χ0n) is 14.7. The van der Waals surface area contributed by atoms with Gasteiger partial charge in [0.2, 0.25) is 11.8 Å². The lowest BCUT2D eigenvalue weighted by Gasteiger charge is -2.16. The Hall–Kier alpha value is -2.67. The lowest BCUT2D eigenvalue weighted by atomic mass is 10.2. The van der Waals surface area contributed by atoms with E-state index in [4.69, 9.17) is 0 Å². The van der Waals surface area contributed by atoms with E-state index in [0.717, 1.165) is 5.56 Å². The fourth-order valence-corrected chi connectivity index (χ4v) is 4.08. The number of hydrogen-bond donors (Lipinski definition) is 2. The van der Waals surface area contributed by atoms with Gasteiger partial charge in [0, 0.05) is 11.4 Å². The molecule has 0 aliphatic carbocycles. The maximum Gasteiger partial charge on any atom is 0.242 e. The number of hydrogen-bond acceptors (Lipinski definition) is 4. The number of nitrogens with one attached hydrogen (secondary N) is 2. The Bertz CT molecular complexity index is 879. The minimum absolute atomic E-state index is 0.0819. The minimum Gasteiger partial charge on any atom is -0.325 e. The van der Waals surface area contributed by atoms with Crippen LogP contribution in [0.3, 0.4) is 0 Å². The SMILES string of the molecule is CCC(C(=O)Nc1cccc(C)c1)S(=O)(=O)CC(=O)Nc1ccccc1. The molecule has 2 aromatic rings. The van der Waals surface area contributed by atoms with Crippen LogP contribution in [0.4, 0.5) is 11.4 Å². The summed E-state index contributed by atoms with van der Waals surface area (Å²) in [6.07, 6.45) is 0.0819. The Morgan fingerprint density at radius 2 is 1.62 bits per heavy atom. The van der Waals surface area contributed by atoms with E-state index >= 15 is 0 Å².